The molecule has 0 spiro atoms. The number of pyridine rings is 1. The average Bonchev–Trinajstić information content (AvgIpc) is 2.91. The van der Waals surface area contributed by atoms with Gasteiger partial charge in [0.25, 0.3) is 0 Å². The van der Waals surface area contributed by atoms with E-state index in [0.717, 1.165) is 5.56 Å². The van der Waals surface area contributed by atoms with Crippen LogP contribution in [0.25, 0.3) is 0 Å². The van der Waals surface area contributed by atoms with Gasteiger partial charge in [0.2, 0.25) is 0 Å². The van der Waals surface area contributed by atoms with Crippen LogP contribution in [0.4, 0.5) is 11.5 Å². The smallest absolute Gasteiger partial charge is 0.340 e. The van der Waals surface area contributed by atoms with Gasteiger partial charge < -0.3 is 20.2 Å². The molecule has 0 aliphatic rings. The van der Waals surface area contributed by atoms with Crippen LogP contribution in [0.3, 0.4) is 0 Å². The highest BCUT2D eigenvalue weighted by molar-refractivity contribution is 5.97. The second-order valence-corrected chi connectivity index (χ2v) is 3.83. The van der Waals surface area contributed by atoms with Crippen LogP contribution >= 0.6 is 0 Å². The molecule has 100 valence electrons. The number of aromatic nitrogens is 1. The molecule has 0 aliphatic heterocycles. The Labute approximate surface area is 110 Å². The van der Waals surface area contributed by atoms with Crippen molar-refractivity contribution in [1.82, 2.24) is 4.98 Å². The SMILES string of the molecule is CCOC(=O)c1ccnc(NCc2ccoc2)c1N. The quantitative estimate of drug-likeness (QED) is 0.800. The number of ether oxygens (including phenoxy) is 1. The summed E-state index contributed by atoms with van der Waals surface area (Å²) in [6.45, 7) is 2.56. The topological polar surface area (TPSA) is 90.4 Å². The lowest BCUT2D eigenvalue weighted by atomic mass is 10.2. The van der Waals surface area contributed by atoms with Crippen LogP contribution in [-0.2, 0) is 11.3 Å². The number of furan rings is 1. The number of carbonyl (C=O) groups excluding carboxylic acids is 1. The third kappa shape index (κ3) is 3.04. The largest absolute Gasteiger partial charge is 0.472 e. The fourth-order valence-electron chi connectivity index (χ4n) is 1.58. The van der Waals surface area contributed by atoms with E-state index in [1.807, 2.05) is 6.07 Å². The molecule has 0 unspecified atom stereocenters. The van der Waals surface area contributed by atoms with Crippen LogP contribution in [-0.4, -0.2) is 17.6 Å². The molecule has 2 rings (SSSR count). The van der Waals surface area contributed by atoms with Crippen LogP contribution in [0.5, 0.6) is 0 Å². The van der Waals surface area contributed by atoms with Gasteiger partial charge in [-0.2, -0.15) is 0 Å². The molecule has 0 amide bonds. The van der Waals surface area contributed by atoms with Crippen molar-refractivity contribution in [3.8, 4) is 0 Å². The molecular weight excluding hydrogens is 246 g/mol. The number of hydrogen-bond acceptors (Lipinski definition) is 6. The molecule has 0 fully saturated rings. The Hall–Kier alpha value is -2.50. The molecule has 2 aromatic heterocycles. The van der Waals surface area contributed by atoms with Gasteiger partial charge in [0.05, 0.1) is 30.4 Å². The number of nitrogens with two attached hydrogens (primary N) is 1. The van der Waals surface area contributed by atoms with Crippen molar-refractivity contribution in [1.29, 1.82) is 0 Å². The highest BCUT2D eigenvalue weighted by atomic mass is 16.5. The van der Waals surface area contributed by atoms with E-state index in [1.165, 1.54) is 12.3 Å². The summed E-state index contributed by atoms with van der Waals surface area (Å²) in [5, 5.41) is 3.05. The van der Waals surface area contributed by atoms with E-state index in [-0.39, 0.29) is 5.69 Å². The highest BCUT2D eigenvalue weighted by Gasteiger charge is 2.14. The molecule has 2 heterocycles. The van der Waals surface area contributed by atoms with Crippen molar-refractivity contribution < 1.29 is 13.9 Å². The Balaban J connectivity index is 2.13. The summed E-state index contributed by atoms with van der Waals surface area (Å²) in [6.07, 6.45) is 4.72. The summed E-state index contributed by atoms with van der Waals surface area (Å²) in [5.74, 6) is 0.000476. The molecular formula is C13H15N3O3. The Bertz CT molecular complexity index is 552. The van der Waals surface area contributed by atoms with Gasteiger partial charge in [-0.05, 0) is 19.1 Å². The van der Waals surface area contributed by atoms with Crippen LogP contribution in [0.2, 0.25) is 0 Å². The minimum Gasteiger partial charge on any atom is -0.472 e. The number of carbonyl (C=O) groups is 1. The second kappa shape index (κ2) is 5.90. The lowest BCUT2D eigenvalue weighted by molar-refractivity contribution is 0.0527. The summed E-state index contributed by atoms with van der Waals surface area (Å²) in [6, 6.07) is 3.37. The number of hydrogen-bond donors (Lipinski definition) is 2. The molecule has 6 nitrogen and oxygen atoms in total. The predicted molar refractivity (Wildman–Crippen MR) is 70.6 cm³/mol. The highest BCUT2D eigenvalue weighted by Crippen LogP contribution is 2.21. The molecule has 0 aliphatic carbocycles. The molecule has 19 heavy (non-hydrogen) atoms. The summed E-state index contributed by atoms with van der Waals surface area (Å²) in [5.41, 5.74) is 7.46. The van der Waals surface area contributed by atoms with Crippen LogP contribution < -0.4 is 11.1 Å². The average molecular weight is 261 g/mol. The molecule has 0 saturated heterocycles. The second-order valence-electron chi connectivity index (χ2n) is 3.83. The van der Waals surface area contributed by atoms with Crippen molar-refractivity contribution in [3.63, 3.8) is 0 Å². The van der Waals surface area contributed by atoms with Gasteiger partial charge in [-0.1, -0.05) is 0 Å². The van der Waals surface area contributed by atoms with Gasteiger partial charge >= 0.3 is 5.97 Å². The number of rotatable bonds is 5. The normalized spacial score (nSPS) is 10.2. The maximum absolute atomic E-state index is 11.7. The van der Waals surface area contributed by atoms with Crippen molar-refractivity contribution in [2.75, 3.05) is 17.7 Å². The Morgan fingerprint density at radius 1 is 1.53 bits per heavy atom. The summed E-state index contributed by atoms with van der Waals surface area (Å²) < 4.78 is 9.89. The number of nitrogens with zero attached hydrogens (tertiary/aromatic N) is 1. The zero-order valence-electron chi connectivity index (χ0n) is 10.6. The molecule has 0 bridgehead atoms. The lowest BCUT2D eigenvalue weighted by Crippen LogP contribution is -2.11. The van der Waals surface area contributed by atoms with Gasteiger partial charge in [0.1, 0.15) is 5.82 Å². The predicted octanol–water partition coefficient (Wildman–Crippen LogP) is 2.05. The van der Waals surface area contributed by atoms with Crippen LogP contribution in [0, 0.1) is 0 Å². The minimum absolute atomic E-state index is 0.282. The lowest BCUT2D eigenvalue weighted by Gasteiger charge is -2.10. The molecule has 0 aromatic carbocycles. The Morgan fingerprint density at radius 3 is 3.05 bits per heavy atom. The van der Waals surface area contributed by atoms with Gasteiger partial charge in [-0.15, -0.1) is 0 Å². The van der Waals surface area contributed by atoms with Crippen molar-refractivity contribution in [3.05, 3.63) is 42.0 Å². The minimum atomic E-state index is -0.450. The molecule has 2 aromatic rings. The van der Waals surface area contributed by atoms with E-state index >= 15 is 0 Å². The molecule has 0 atom stereocenters. The van der Waals surface area contributed by atoms with Gasteiger partial charge in [0.15, 0.2) is 0 Å². The maximum atomic E-state index is 11.7. The molecule has 0 saturated carbocycles. The summed E-state index contributed by atoms with van der Waals surface area (Å²) in [7, 11) is 0. The maximum Gasteiger partial charge on any atom is 0.340 e. The number of nitrogens with one attached hydrogen (secondary N) is 1. The summed E-state index contributed by atoms with van der Waals surface area (Å²) in [4.78, 5) is 15.8. The molecule has 3 N–H and O–H groups in total. The van der Waals surface area contributed by atoms with E-state index in [2.05, 4.69) is 10.3 Å². The van der Waals surface area contributed by atoms with E-state index in [1.54, 1.807) is 19.5 Å². The van der Waals surface area contributed by atoms with Gasteiger partial charge in [0, 0.05) is 18.3 Å². The Morgan fingerprint density at radius 2 is 2.37 bits per heavy atom. The first-order valence-corrected chi connectivity index (χ1v) is 5.89. The van der Waals surface area contributed by atoms with Crippen molar-refractivity contribution >= 4 is 17.5 Å². The third-order valence-corrected chi connectivity index (χ3v) is 2.53. The Kier molecular flexibility index (Phi) is 4.02. The standard InChI is InChI=1S/C13H15N3O3/c1-2-19-13(17)10-3-5-15-12(11(10)14)16-7-9-4-6-18-8-9/h3-6,8H,2,7,14H2,1H3,(H,15,16). The first-order valence-electron chi connectivity index (χ1n) is 5.89. The van der Waals surface area contributed by atoms with Gasteiger partial charge in [-0.3, -0.25) is 0 Å². The summed E-state index contributed by atoms with van der Waals surface area (Å²) >= 11 is 0. The van der Waals surface area contributed by atoms with E-state index in [4.69, 9.17) is 14.9 Å². The van der Waals surface area contributed by atoms with Crippen LogP contribution in [0.15, 0.2) is 35.3 Å². The van der Waals surface area contributed by atoms with E-state index in [0.29, 0.717) is 24.5 Å². The fraction of sp³-hybridized carbons (Fsp3) is 0.231. The number of esters is 1. The molecule has 0 radical (unpaired) electrons. The number of anilines is 2. The third-order valence-electron chi connectivity index (χ3n) is 2.53. The fourth-order valence-corrected chi connectivity index (χ4v) is 1.58. The van der Waals surface area contributed by atoms with Crippen molar-refractivity contribution in [2.45, 2.75) is 13.5 Å². The monoisotopic (exact) mass is 261 g/mol. The van der Waals surface area contributed by atoms with Crippen molar-refractivity contribution in [2.24, 2.45) is 0 Å². The first kappa shape index (κ1) is 12.9. The zero-order valence-corrected chi connectivity index (χ0v) is 10.6. The molecule has 6 heteroatoms. The zero-order chi connectivity index (χ0) is 13.7. The number of nitrogen functional groups attached to an aromatic ring is 1. The van der Waals surface area contributed by atoms with Crippen LogP contribution in [0.1, 0.15) is 22.8 Å². The van der Waals surface area contributed by atoms with Gasteiger partial charge in [-0.25, -0.2) is 9.78 Å². The van der Waals surface area contributed by atoms with E-state index < -0.39 is 5.97 Å². The van der Waals surface area contributed by atoms with E-state index in [9.17, 15) is 4.79 Å². The first-order chi connectivity index (χ1) is 9.22.